The van der Waals surface area contributed by atoms with Gasteiger partial charge in [0.1, 0.15) is 18.8 Å². The predicted octanol–water partition coefficient (Wildman–Crippen LogP) is 3.55. The van der Waals surface area contributed by atoms with Crippen molar-refractivity contribution in [3.05, 3.63) is 72.6 Å². The highest BCUT2D eigenvalue weighted by Gasteiger charge is 2.09. The van der Waals surface area contributed by atoms with Gasteiger partial charge < -0.3 is 15.4 Å². The number of ether oxygens (including phenoxy) is 1. The zero-order chi connectivity index (χ0) is 20.5. The average molecular weight is 524 g/mol. The van der Waals surface area contributed by atoms with Crippen molar-refractivity contribution in [1.82, 2.24) is 25.4 Å². The average Bonchev–Trinajstić information content (AvgIpc) is 3.27. The Labute approximate surface area is 192 Å². The molecule has 0 spiro atoms. The maximum absolute atomic E-state index is 13.7. The second-order valence-corrected chi connectivity index (χ2v) is 6.44. The Balaban J connectivity index is 0.00000320. The molecule has 0 fully saturated rings. The zero-order valence-electron chi connectivity index (χ0n) is 17.0. The standard InChI is InChI=1S/C21H25FN6O.HI/c1-3-24-21(25-12-16(2)29-20-7-5-4-6-19(20)22)26-13-17-8-10-18(11-9-17)28-15-23-14-27-28;/h4-11,14-16H,3,12-13H2,1-2H3,(H2,24,25,26);1H. The molecular formula is C21H26FIN6O. The number of halogens is 2. The van der Waals surface area contributed by atoms with Gasteiger partial charge in [0, 0.05) is 6.54 Å². The van der Waals surface area contributed by atoms with Crippen LogP contribution in [0.3, 0.4) is 0 Å². The Kier molecular flexibility index (Phi) is 9.52. The molecule has 1 unspecified atom stereocenters. The number of aromatic nitrogens is 3. The summed E-state index contributed by atoms with van der Waals surface area (Å²) in [6, 6.07) is 14.4. The van der Waals surface area contributed by atoms with Gasteiger partial charge in [0.25, 0.3) is 0 Å². The minimum absolute atomic E-state index is 0. The molecule has 0 amide bonds. The lowest BCUT2D eigenvalue weighted by molar-refractivity contribution is 0.214. The van der Waals surface area contributed by atoms with Crippen molar-refractivity contribution in [2.45, 2.75) is 26.5 Å². The third kappa shape index (κ3) is 6.97. The number of rotatable bonds is 8. The van der Waals surface area contributed by atoms with Gasteiger partial charge in [-0.25, -0.2) is 19.0 Å². The molecule has 7 nitrogen and oxygen atoms in total. The van der Waals surface area contributed by atoms with Gasteiger partial charge in [0.2, 0.25) is 0 Å². The van der Waals surface area contributed by atoms with Gasteiger partial charge in [-0.3, -0.25) is 0 Å². The lowest BCUT2D eigenvalue weighted by Crippen LogP contribution is -2.41. The van der Waals surface area contributed by atoms with Crippen molar-refractivity contribution in [2.24, 2.45) is 4.99 Å². The predicted molar refractivity (Wildman–Crippen MR) is 126 cm³/mol. The molecule has 0 bridgehead atoms. The molecule has 3 aromatic rings. The minimum Gasteiger partial charge on any atom is -0.486 e. The summed E-state index contributed by atoms with van der Waals surface area (Å²) in [5.74, 6) is 0.558. The first-order valence-corrected chi connectivity index (χ1v) is 9.53. The summed E-state index contributed by atoms with van der Waals surface area (Å²) in [5.41, 5.74) is 2.01. The van der Waals surface area contributed by atoms with Crippen LogP contribution < -0.4 is 15.4 Å². The maximum atomic E-state index is 13.7. The quantitative estimate of drug-likeness (QED) is 0.268. The van der Waals surface area contributed by atoms with Crippen molar-refractivity contribution in [3.8, 4) is 11.4 Å². The van der Waals surface area contributed by atoms with Gasteiger partial charge in [-0.1, -0.05) is 24.3 Å². The summed E-state index contributed by atoms with van der Waals surface area (Å²) in [6.07, 6.45) is 2.94. The Morgan fingerprint density at radius 3 is 2.60 bits per heavy atom. The van der Waals surface area contributed by atoms with Crippen LogP contribution in [0.1, 0.15) is 19.4 Å². The molecule has 9 heteroatoms. The lowest BCUT2D eigenvalue weighted by Gasteiger charge is -2.18. The van der Waals surface area contributed by atoms with E-state index in [1.54, 1.807) is 29.2 Å². The molecule has 0 aliphatic heterocycles. The van der Waals surface area contributed by atoms with Crippen LogP contribution in [0.15, 0.2) is 66.2 Å². The van der Waals surface area contributed by atoms with E-state index in [4.69, 9.17) is 4.74 Å². The first-order chi connectivity index (χ1) is 14.2. The second kappa shape index (κ2) is 12.1. The van der Waals surface area contributed by atoms with Crippen molar-refractivity contribution in [2.75, 3.05) is 13.1 Å². The van der Waals surface area contributed by atoms with Gasteiger partial charge in [-0.2, -0.15) is 5.10 Å². The van der Waals surface area contributed by atoms with Crippen molar-refractivity contribution < 1.29 is 9.13 Å². The van der Waals surface area contributed by atoms with Crippen LogP contribution >= 0.6 is 24.0 Å². The third-order valence-corrected chi connectivity index (χ3v) is 4.11. The van der Waals surface area contributed by atoms with Gasteiger partial charge in [0.15, 0.2) is 17.5 Å². The Bertz CT molecular complexity index is 918. The normalized spacial score (nSPS) is 12.0. The fraction of sp³-hybridized carbons (Fsp3) is 0.286. The monoisotopic (exact) mass is 524 g/mol. The molecule has 1 heterocycles. The van der Waals surface area contributed by atoms with Crippen molar-refractivity contribution >= 4 is 29.9 Å². The summed E-state index contributed by atoms with van der Waals surface area (Å²) >= 11 is 0. The van der Waals surface area contributed by atoms with E-state index in [1.165, 1.54) is 12.4 Å². The topological polar surface area (TPSA) is 76.4 Å². The highest BCUT2D eigenvalue weighted by molar-refractivity contribution is 14.0. The first-order valence-electron chi connectivity index (χ1n) is 9.53. The maximum Gasteiger partial charge on any atom is 0.191 e. The molecule has 0 aliphatic rings. The van der Waals surface area contributed by atoms with E-state index in [-0.39, 0.29) is 41.6 Å². The summed E-state index contributed by atoms with van der Waals surface area (Å²) in [5, 5.41) is 10.6. The second-order valence-electron chi connectivity index (χ2n) is 6.44. The third-order valence-electron chi connectivity index (χ3n) is 4.11. The molecular weight excluding hydrogens is 498 g/mol. The van der Waals surface area contributed by atoms with Crippen LogP contribution in [0.2, 0.25) is 0 Å². The first kappa shape index (κ1) is 23.6. The number of nitrogens with zero attached hydrogens (tertiary/aromatic N) is 4. The highest BCUT2D eigenvalue weighted by atomic mass is 127. The summed E-state index contributed by atoms with van der Waals surface area (Å²) in [4.78, 5) is 8.55. The molecule has 1 aromatic heterocycles. The Morgan fingerprint density at radius 1 is 1.17 bits per heavy atom. The highest BCUT2D eigenvalue weighted by Crippen LogP contribution is 2.16. The molecule has 3 rings (SSSR count). The number of aliphatic imine (C=N–C) groups is 1. The van der Waals surface area contributed by atoms with Crippen LogP contribution in [0.4, 0.5) is 4.39 Å². The molecule has 160 valence electrons. The van der Waals surface area contributed by atoms with Crippen LogP contribution in [0, 0.1) is 5.82 Å². The van der Waals surface area contributed by atoms with E-state index in [2.05, 4.69) is 25.7 Å². The number of hydrogen-bond donors (Lipinski definition) is 2. The summed E-state index contributed by atoms with van der Waals surface area (Å²) < 4.78 is 21.1. The molecule has 2 N–H and O–H groups in total. The molecule has 2 aromatic carbocycles. The van der Waals surface area contributed by atoms with Crippen LogP contribution in [-0.2, 0) is 6.54 Å². The van der Waals surface area contributed by atoms with E-state index in [1.807, 2.05) is 38.1 Å². The number of benzene rings is 2. The van der Waals surface area contributed by atoms with Crippen molar-refractivity contribution in [1.29, 1.82) is 0 Å². The van der Waals surface area contributed by atoms with Gasteiger partial charge >= 0.3 is 0 Å². The van der Waals surface area contributed by atoms with Gasteiger partial charge in [0.05, 0.1) is 18.8 Å². The fourth-order valence-corrected chi connectivity index (χ4v) is 2.65. The largest absolute Gasteiger partial charge is 0.486 e. The molecule has 0 radical (unpaired) electrons. The molecule has 1 atom stereocenters. The Hall–Kier alpha value is -2.69. The fourth-order valence-electron chi connectivity index (χ4n) is 2.65. The van der Waals surface area contributed by atoms with E-state index < -0.39 is 0 Å². The molecule has 0 saturated carbocycles. The minimum atomic E-state index is -0.366. The zero-order valence-corrected chi connectivity index (χ0v) is 19.3. The number of guanidine groups is 1. The molecule has 30 heavy (non-hydrogen) atoms. The van der Waals surface area contributed by atoms with E-state index in [9.17, 15) is 4.39 Å². The molecule has 0 aliphatic carbocycles. The van der Waals surface area contributed by atoms with E-state index >= 15 is 0 Å². The summed E-state index contributed by atoms with van der Waals surface area (Å²) in [6.45, 7) is 5.63. The van der Waals surface area contributed by atoms with E-state index in [0.29, 0.717) is 19.0 Å². The number of nitrogens with one attached hydrogen (secondary N) is 2. The summed E-state index contributed by atoms with van der Waals surface area (Å²) in [7, 11) is 0. The smallest absolute Gasteiger partial charge is 0.191 e. The van der Waals surface area contributed by atoms with Crippen LogP contribution in [-0.4, -0.2) is 39.9 Å². The van der Waals surface area contributed by atoms with Crippen LogP contribution in [0.5, 0.6) is 5.75 Å². The van der Waals surface area contributed by atoms with Crippen LogP contribution in [0.25, 0.3) is 5.69 Å². The number of para-hydroxylation sites is 1. The van der Waals surface area contributed by atoms with E-state index in [0.717, 1.165) is 17.8 Å². The van der Waals surface area contributed by atoms with Gasteiger partial charge in [-0.05, 0) is 43.7 Å². The molecule has 0 saturated heterocycles. The van der Waals surface area contributed by atoms with Gasteiger partial charge in [-0.15, -0.1) is 24.0 Å². The Morgan fingerprint density at radius 2 is 1.93 bits per heavy atom. The number of hydrogen-bond acceptors (Lipinski definition) is 4. The lowest BCUT2D eigenvalue weighted by atomic mass is 10.2. The SMILES string of the molecule is CCNC(=NCc1ccc(-n2cncn2)cc1)NCC(C)Oc1ccccc1F.I. The van der Waals surface area contributed by atoms with Crippen molar-refractivity contribution in [3.63, 3.8) is 0 Å².